The molecule has 0 aromatic carbocycles. The minimum atomic E-state index is -0.862. The van der Waals surface area contributed by atoms with E-state index in [2.05, 4.69) is 30.1 Å². The van der Waals surface area contributed by atoms with Crippen molar-refractivity contribution in [2.75, 3.05) is 21.3 Å². The number of pyridine rings is 1. The molecule has 0 spiro atoms. The highest BCUT2D eigenvalue weighted by atomic mass is 32.1. The number of hydrogen-bond acceptors (Lipinski definition) is 9. The summed E-state index contributed by atoms with van der Waals surface area (Å²) in [7, 11) is 3.56. The Balaban J connectivity index is 2.48. The second-order valence-electron chi connectivity index (χ2n) is 5.16. The van der Waals surface area contributed by atoms with E-state index in [1.165, 1.54) is 7.11 Å². The summed E-state index contributed by atoms with van der Waals surface area (Å²) in [4.78, 5) is 43.8. The number of aliphatic imine (C=N–C) groups is 1. The maximum Gasteiger partial charge on any atom is 0.413 e. The van der Waals surface area contributed by atoms with Gasteiger partial charge in [0.1, 0.15) is 4.88 Å². The Labute approximate surface area is 164 Å². The van der Waals surface area contributed by atoms with Crippen LogP contribution in [0, 0.1) is 0 Å². The molecule has 0 radical (unpaired) electrons. The van der Waals surface area contributed by atoms with Gasteiger partial charge in [0.25, 0.3) is 0 Å². The fourth-order valence-electron chi connectivity index (χ4n) is 2.09. The molecule has 11 heteroatoms. The van der Waals surface area contributed by atoms with E-state index in [1.807, 2.05) is 6.07 Å². The number of guanidine groups is 1. The van der Waals surface area contributed by atoms with Crippen LogP contribution < -0.4 is 10.6 Å². The largest absolute Gasteiger partial charge is 0.465 e. The summed E-state index contributed by atoms with van der Waals surface area (Å²) in [5.41, 5.74) is 1.80. The van der Waals surface area contributed by atoms with Gasteiger partial charge in [-0.2, -0.15) is 0 Å². The van der Waals surface area contributed by atoms with Crippen LogP contribution in [0.3, 0.4) is 0 Å². The lowest BCUT2D eigenvalue weighted by Crippen LogP contribution is -2.43. The van der Waals surface area contributed by atoms with Crippen LogP contribution in [0.15, 0.2) is 34.9 Å². The van der Waals surface area contributed by atoms with Crippen LogP contribution in [0.1, 0.15) is 20.8 Å². The number of rotatable bonds is 4. The van der Waals surface area contributed by atoms with E-state index in [4.69, 9.17) is 4.74 Å². The number of thiophene rings is 1. The number of amides is 2. The standard InChI is InChI=1S/C17H18N4O6S/c1-25-14(22)13-12(11(9-28-13)7-10-5-4-6-18-8-10)19-15(20-16(23)26-2)21-17(24)27-3/h4-6,8-9H,7H2,1-3H3,(H2,19,20,21,23,24). The molecule has 0 aliphatic heterocycles. The van der Waals surface area contributed by atoms with E-state index in [1.54, 1.807) is 23.8 Å². The molecule has 0 aliphatic carbocycles. The topological polar surface area (TPSA) is 128 Å². The van der Waals surface area contributed by atoms with Crippen LogP contribution in [-0.2, 0) is 20.6 Å². The smallest absolute Gasteiger partial charge is 0.413 e. The third kappa shape index (κ3) is 5.51. The fourth-order valence-corrected chi connectivity index (χ4v) is 3.01. The molecule has 10 nitrogen and oxygen atoms in total. The molecule has 28 heavy (non-hydrogen) atoms. The molecule has 148 valence electrons. The maximum absolute atomic E-state index is 12.1. The highest BCUT2D eigenvalue weighted by Crippen LogP contribution is 2.33. The molecular formula is C17H18N4O6S. The number of esters is 1. The molecule has 0 aliphatic rings. The average Bonchev–Trinajstić information content (AvgIpc) is 3.09. The lowest BCUT2D eigenvalue weighted by atomic mass is 10.1. The lowest BCUT2D eigenvalue weighted by Gasteiger charge is -2.10. The van der Waals surface area contributed by atoms with E-state index < -0.39 is 18.2 Å². The first-order valence-corrected chi connectivity index (χ1v) is 8.72. The first-order valence-electron chi connectivity index (χ1n) is 7.84. The number of nitrogens with zero attached hydrogens (tertiary/aromatic N) is 2. The van der Waals surface area contributed by atoms with Crippen molar-refractivity contribution < 1.29 is 28.6 Å². The van der Waals surface area contributed by atoms with E-state index in [9.17, 15) is 14.4 Å². The Morgan fingerprint density at radius 1 is 1.11 bits per heavy atom. The number of carbonyl (C=O) groups excluding carboxylic acids is 3. The molecule has 0 fully saturated rings. The quantitative estimate of drug-likeness (QED) is 0.345. The molecule has 2 aromatic heterocycles. The van der Waals surface area contributed by atoms with Crippen molar-refractivity contribution >= 4 is 41.1 Å². The van der Waals surface area contributed by atoms with Gasteiger partial charge in [-0.3, -0.25) is 15.6 Å². The third-order valence-corrected chi connectivity index (χ3v) is 4.36. The van der Waals surface area contributed by atoms with Gasteiger partial charge < -0.3 is 14.2 Å². The SMILES string of the molecule is COC(=O)NC(=Nc1c(Cc2cccnc2)csc1C(=O)OC)NC(=O)OC. The Morgan fingerprint density at radius 2 is 1.79 bits per heavy atom. The van der Waals surface area contributed by atoms with Crippen molar-refractivity contribution in [2.24, 2.45) is 4.99 Å². The van der Waals surface area contributed by atoms with E-state index in [0.29, 0.717) is 12.0 Å². The van der Waals surface area contributed by atoms with Gasteiger partial charge in [0.15, 0.2) is 0 Å². The van der Waals surface area contributed by atoms with Gasteiger partial charge in [-0.25, -0.2) is 19.4 Å². The first kappa shape index (κ1) is 20.8. The summed E-state index contributed by atoms with van der Waals surface area (Å²) in [5, 5.41) is 6.27. The van der Waals surface area contributed by atoms with E-state index in [-0.39, 0.29) is 16.5 Å². The lowest BCUT2D eigenvalue weighted by molar-refractivity contribution is 0.0607. The summed E-state index contributed by atoms with van der Waals surface area (Å²) in [6, 6.07) is 3.66. The second-order valence-corrected chi connectivity index (χ2v) is 6.04. The Hall–Kier alpha value is -3.47. The van der Waals surface area contributed by atoms with Crippen molar-refractivity contribution in [3.63, 3.8) is 0 Å². The van der Waals surface area contributed by atoms with Crippen molar-refractivity contribution in [2.45, 2.75) is 6.42 Å². The molecule has 0 bridgehead atoms. The summed E-state index contributed by atoms with van der Waals surface area (Å²) in [6.45, 7) is 0. The number of methoxy groups -OCH3 is 3. The molecule has 0 saturated heterocycles. The van der Waals surface area contributed by atoms with Crippen LogP contribution in [0.4, 0.5) is 15.3 Å². The number of carbonyl (C=O) groups is 3. The van der Waals surface area contributed by atoms with Gasteiger partial charge in [0.2, 0.25) is 5.96 Å². The predicted octanol–water partition coefficient (Wildman–Crippen LogP) is 2.22. The van der Waals surface area contributed by atoms with Crippen LogP contribution in [0.5, 0.6) is 0 Å². The normalized spacial score (nSPS) is 9.82. The number of aromatic nitrogens is 1. The van der Waals surface area contributed by atoms with Gasteiger partial charge in [0, 0.05) is 18.8 Å². The summed E-state index contributed by atoms with van der Waals surface area (Å²) in [5.74, 6) is -0.869. The van der Waals surface area contributed by atoms with Crippen molar-refractivity contribution in [1.82, 2.24) is 15.6 Å². The molecule has 2 heterocycles. The molecule has 0 unspecified atom stereocenters. The van der Waals surface area contributed by atoms with Gasteiger partial charge in [-0.15, -0.1) is 11.3 Å². The molecule has 2 aromatic rings. The van der Waals surface area contributed by atoms with Gasteiger partial charge >= 0.3 is 18.2 Å². The van der Waals surface area contributed by atoms with Crippen LogP contribution in [0.25, 0.3) is 0 Å². The minimum absolute atomic E-state index is 0.206. The molecule has 2 amide bonds. The number of ether oxygens (including phenoxy) is 3. The number of hydrogen-bond donors (Lipinski definition) is 2. The summed E-state index contributed by atoms with van der Waals surface area (Å²) in [6.07, 6.45) is 2.03. The van der Waals surface area contributed by atoms with E-state index >= 15 is 0 Å². The molecule has 2 rings (SSSR count). The number of alkyl carbamates (subject to hydrolysis) is 2. The highest BCUT2D eigenvalue weighted by Gasteiger charge is 2.21. The van der Waals surface area contributed by atoms with Crippen molar-refractivity contribution in [1.29, 1.82) is 0 Å². The Bertz CT molecular complexity index is 861. The molecule has 0 atom stereocenters. The highest BCUT2D eigenvalue weighted by molar-refractivity contribution is 7.12. The fraction of sp³-hybridized carbons (Fsp3) is 0.235. The average molecular weight is 406 g/mol. The van der Waals surface area contributed by atoms with Crippen molar-refractivity contribution in [3.05, 3.63) is 45.9 Å². The molecule has 0 saturated carbocycles. The summed E-state index contributed by atoms with van der Waals surface area (Å²) >= 11 is 1.13. The van der Waals surface area contributed by atoms with E-state index in [0.717, 1.165) is 31.1 Å². The van der Waals surface area contributed by atoms with Gasteiger partial charge in [0.05, 0.1) is 27.0 Å². The monoisotopic (exact) mass is 406 g/mol. The first-order chi connectivity index (χ1) is 13.5. The van der Waals surface area contributed by atoms with Crippen LogP contribution >= 0.6 is 11.3 Å². The maximum atomic E-state index is 12.1. The molecule has 2 N–H and O–H groups in total. The third-order valence-electron chi connectivity index (χ3n) is 3.36. The van der Waals surface area contributed by atoms with Gasteiger partial charge in [-0.1, -0.05) is 6.07 Å². The second kappa shape index (κ2) is 10.0. The Morgan fingerprint density at radius 3 is 2.32 bits per heavy atom. The van der Waals surface area contributed by atoms with Crippen LogP contribution in [-0.4, -0.2) is 50.4 Å². The number of nitrogens with one attached hydrogen (secondary N) is 2. The van der Waals surface area contributed by atoms with Crippen LogP contribution in [0.2, 0.25) is 0 Å². The Kier molecular flexibility index (Phi) is 7.45. The zero-order valence-corrected chi connectivity index (χ0v) is 16.2. The zero-order valence-electron chi connectivity index (χ0n) is 15.3. The van der Waals surface area contributed by atoms with Crippen molar-refractivity contribution in [3.8, 4) is 0 Å². The van der Waals surface area contributed by atoms with Gasteiger partial charge in [-0.05, 0) is 22.6 Å². The summed E-state index contributed by atoms with van der Waals surface area (Å²) < 4.78 is 13.8. The minimum Gasteiger partial charge on any atom is -0.465 e. The molecular weight excluding hydrogens is 388 g/mol. The zero-order chi connectivity index (χ0) is 20.5. The predicted molar refractivity (Wildman–Crippen MR) is 101 cm³/mol.